The SMILES string of the molecule is NNC(Cc1nc2ccccc2s1)c1ccc(Br)cc1F. The molecule has 3 rings (SSSR count). The molecule has 6 heteroatoms. The Labute approximate surface area is 134 Å². The molecule has 1 aromatic heterocycles. The van der Waals surface area contributed by atoms with Gasteiger partial charge >= 0.3 is 0 Å². The number of hydrogen-bond acceptors (Lipinski definition) is 4. The zero-order valence-corrected chi connectivity index (χ0v) is 13.4. The number of halogens is 2. The van der Waals surface area contributed by atoms with Crippen molar-refractivity contribution in [3.05, 3.63) is 63.3 Å². The monoisotopic (exact) mass is 365 g/mol. The average molecular weight is 366 g/mol. The number of hydrazine groups is 1. The van der Waals surface area contributed by atoms with Crippen LogP contribution in [-0.2, 0) is 6.42 Å². The van der Waals surface area contributed by atoms with E-state index in [-0.39, 0.29) is 11.9 Å². The van der Waals surface area contributed by atoms with Crippen LogP contribution in [0.4, 0.5) is 4.39 Å². The van der Waals surface area contributed by atoms with Gasteiger partial charge in [-0.05, 0) is 24.3 Å². The first-order valence-electron chi connectivity index (χ1n) is 6.43. The summed E-state index contributed by atoms with van der Waals surface area (Å²) < 4.78 is 15.9. The Kier molecular flexibility index (Phi) is 4.30. The van der Waals surface area contributed by atoms with E-state index >= 15 is 0 Å². The molecule has 0 radical (unpaired) electrons. The third-order valence-electron chi connectivity index (χ3n) is 3.26. The van der Waals surface area contributed by atoms with Crippen LogP contribution < -0.4 is 11.3 Å². The van der Waals surface area contributed by atoms with Gasteiger partial charge in [0.15, 0.2) is 0 Å². The van der Waals surface area contributed by atoms with Crippen LogP contribution in [0.3, 0.4) is 0 Å². The van der Waals surface area contributed by atoms with Crippen LogP contribution in [0.5, 0.6) is 0 Å². The van der Waals surface area contributed by atoms with Gasteiger partial charge in [-0.3, -0.25) is 11.3 Å². The number of benzene rings is 2. The number of fused-ring (bicyclic) bond motifs is 1. The van der Waals surface area contributed by atoms with Gasteiger partial charge in [-0.25, -0.2) is 9.37 Å². The second-order valence-electron chi connectivity index (χ2n) is 4.66. The predicted octanol–water partition coefficient (Wildman–Crippen LogP) is 3.95. The molecule has 0 bridgehead atoms. The van der Waals surface area contributed by atoms with Crippen molar-refractivity contribution < 1.29 is 4.39 Å². The number of nitrogens with two attached hydrogens (primary N) is 1. The Morgan fingerprint density at radius 3 is 2.81 bits per heavy atom. The van der Waals surface area contributed by atoms with E-state index in [1.807, 2.05) is 24.3 Å². The van der Waals surface area contributed by atoms with E-state index in [0.29, 0.717) is 16.5 Å². The van der Waals surface area contributed by atoms with Crippen LogP contribution in [0, 0.1) is 5.82 Å². The summed E-state index contributed by atoms with van der Waals surface area (Å²) in [7, 11) is 0. The molecule has 108 valence electrons. The van der Waals surface area contributed by atoms with E-state index in [0.717, 1.165) is 15.2 Å². The molecule has 0 aliphatic carbocycles. The van der Waals surface area contributed by atoms with Gasteiger partial charge in [-0.15, -0.1) is 11.3 Å². The van der Waals surface area contributed by atoms with Gasteiger partial charge in [-0.2, -0.15) is 0 Å². The molecule has 3 N–H and O–H groups in total. The predicted molar refractivity (Wildman–Crippen MR) is 87.5 cm³/mol. The lowest BCUT2D eigenvalue weighted by Crippen LogP contribution is -2.30. The molecule has 0 aliphatic rings. The zero-order valence-electron chi connectivity index (χ0n) is 11.0. The van der Waals surface area contributed by atoms with E-state index in [4.69, 9.17) is 5.84 Å². The molecule has 3 aromatic rings. The number of hydrogen-bond donors (Lipinski definition) is 2. The molecule has 21 heavy (non-hydrogen) atoms. The molecule has 0 aliphatic heterocycles. The maximum Gasteiger partial charge on any atom is 0.129 e. The highest BCUT2D eigenvalue weighted by atomic mass is 79.9. The van der Waals surface area contributed by atoms with Crippen LogP contribution in [0.25, 0.3) is 10.2 Å². The first kappa shape index (κ1) is 14.6. The van der Waals surface area contributed by atoms with Crippen LogP contribution in [0.1, 0.15) is 16.6 Å². The molecule has 0 amide bonds. The van der Waals surface area contributed by atoms with Crippen molar-refractivity contribution in [2.45, 2.75) is 12.5 Å². The van der Waals surface area contributed by atoms with Crippen molar-refractivity contribution in [3.63, 3.8) is 0 Å². The summed E-state index contributed by atoms with van der Waals surface area (Å²) >= 11 is 4.86. The number of rotatable bonds is 4. The summed E-state index contributed by atoms with van der Waals surface area (Å²) in [5.41, 5.74) is 4.19. The van der Waals surface area contributed by atoms with Gasteiger partial charge in [0, 0.05) is 16.5 Å². The van der Waals surface area contributed by atoms with Crippen molar-refractivity contribution in [3.8, 4) is 0 Å². The quantitative estimate of drug-likeness (QED) is 0.543. The highest BCUT2D eigenvalue weighted by molar-refractivity contribution is 9.10. The van der Waals surface area contributed by atoms with Crippen molar-refractivity contribution >= 4 is 37.5 Å². The Morgan fingerprint density at radius 1 is 1.29 bits per heavy atom. The molecule has 3 nitrogen and oxygen atoms in total. The summed E-state index contributed by atoms with van der Waals surface area (Å²) in [5, 5.41) is 0.932. The van der Waals surface area contributed by atoms with Crippen LogP contribution >= 0.6 is 27.3 Å². The number of para-hydroxylation sites is 1. The van der Waals surface area contributed by atoms with Crippen molar-refractivity contribution in [1.29, 1.82) is 0 Å². The van der Waals surface area contributed by atoms with Gasteiger partial charge < -0.3 is 0 Å². The van der Waals surface area contributed by atoms with Crippen molar-refractivity contribution in [2.24, 2.45) is 5.84 Å². The third kappa shape index (κ3) is 3.13. The fraction of sp³-hybridized carbons (Fsp3) is 0.133. The van der Waals surface area contributed by atoms with Crippen molar-refractivity contribution in [2.75, 3.05) is 0 Å². The molecule has 0 spiro atoms. The number of nitrogens with one attached hydrogen (secondary N) is 1. The minimum Gasteiger partial charge on any atom is -0.271 e. The molecule has 1 heterocycles. The van der Waals surface area contributed by atoms with Gasteiger partial charge in [-0.1, -0.05) is 34.1 Å². The molecule has 1 unspecified atom stereocenters. The molecule has 0 saturated heterocycles. The fourth-order valence-corrected chi connectivity index (χ4v) is 3.57. The smallest absolute Gasteiger partial charge is 0.129 e. The number of aromatic nitrogens is 1. The fourth-order valence-electron chi connectivity index (χ4n) is 2.22. The third-order valence-corrected chi connectivity index (χ3v) is 4.81. The standard InChI is InChI=1S/C15H13BrFN3S/c16-9-5-6-10(11(17)7-9)13(20-18)8-15-19-12-3-1-2-4-14(12)21-15/h1-7,13,20H,8,18H2. The Balaban J connectivity index is 1.90. The summed E-state index contributed by atoms with van der Waals surface area (Å²) in [4.78, 5) is 4.56. The minimum absolute atomic E-state index is 0.284. The lowest BCUT2D eigenvalue weighted by atomic mass is 10.0. The maximum absolute atomic E-state index is 14.1. The van der Waals surface area contributed by atoms with Gasteiger partial charge in [0.05, 0.1) is 21.3 Å². The van der Waals surface area contributed by atoms with E-state index in [1.165, 1.54) is 6.07 Å². The average Bonchev–Trinajstić information content (AvgIpc) is 2.87. The second-order valence-corrected chi connectivity index (χ2v) is 6.70. The lowest BCUT2D eigenvalue weighted by molar-refractivity contribution is 0.510. The normalized spacial score (nSPS) is 12.7. The summed E-state index contributed by atoms with van der Waals surface area (Å²) in [6, 6.07) is 12.6. The molecule has 0 fully saturated rings. The van der Waals surface area contributed by atoms with E-state index in [1.54, 1.807) is 23.5 Å². The minimum atomic E-state index is -0.307. The first-order valence-corrected chi connectivity index (χ1v) is 8.04. The summed E-state index contributed by atoms with van der Waals surface area (Å²) in [6.45, 7) is 0. The van der Waals surface area contributed by atoms with Crippen LogP contribution in [-0.4, -0.2) is 4.98 Å². The summed E-state index contributed by atoms with van der Waals surface area (Å²) in [6.07, 6.45) is 0.550. The maximum atomic E-state index is 14.1. The Bertz CT molecular complexity index is 741. The number of nitrogens with zero attached hydrogens (tertiary/aromatic N) is 1. The Hall–Kier alpha value is -1.34. The van der Waals surface area contributed by atoms with Crippen molar-refractivity contribution in [1.82, 2.24) is 10.4 Å². The van der Waals surface area contributed by atoms with Gasteiger partial charge in [0.1, 0.15) is 5.82 Å². The molecular weight excluding hydrogens is 353 g/mol. The molecule has 2 aromatic carbocycles. The van der Waals surface area contributed by atoms with Gasteiger partial charge in [0.25, 0.3) is 0 Å². The highest BCUT2D eigenvalue weighted by Crippen LogP contribution is 2.27. The zero-order chi connectivity index (χ0) is 14.8. The van der Waals surface area contributed by atoms with Crippen LogP contribution in [0.2, 0.25) is 0 Å². The number of thiazole rings is 1. The van der Waals surface area contributed by atoms with Gasteiger partial charge in [0.2, 0.25) is 0 Å². The topological polar surface area (TPSA) is 50.9 Å². The highest BCUT2D eigenvalue weighted by Gasteiger charge is 2.17. The van der Waals surface area contributed by atoms with E-state index in [2.05, 4.69) is 26.3 Å². The molecule has 0 saturated carbocycles. The first-order chi connectivity index (χ1) is 10.2. The summed E-state index contributed by atoms with van der Waals surface area (Å²) in [5.74, 6) is 5.32. The van der Waals surface area contributed by atoms with E-state index in [9.17, 15) is 4.39 Å². The largest absolute Gasteiger partial charge is 0.271 e. The Morgan fingerprint density at radius 2 is 2.10 bits per heavy atom. The second kappa shape index (κ2) is 6.19. The molecule has 1 atom stereocenters. The van der Waals surface area contributed by atoms with Crippen LogP contribution in [0.15, 0.2) is 46.9 Å². The molecular formula is C15H13BrFN3S. The van der Waals surface area contributed by atoms with E-state index < -0.39 is 0 Å². The lowest BCUT2D eigenvalue weighted by Gasteiger charge is -2.15.